The van der Waals surface area contributed by atoms with Gasteiger partial charge in [-0.2, -0.15) is 13.2 Å². The number of hydrogen-bond acceptors (Lipinski definition) is 4. The number of hydrogen-bond donors (Lipinski definition) is 2. The lowest BCUT2D eigenvalue weighted by atomic mass is 10.1. The number of rotatable bonds is 8. The first-order chi connectivity index (χ1) is 13.8. The lowest BCUT2D eigenvalue weighted by molar-refractivity contribution is -0.146. The molecule has 9 heteroatoms. The fourth-order valence-corrected chi connectivity index (χ4v) is 3.52. The molecule has 2 rings (SSSR count). The highest BCUT2D eigenvalue weighted by Crippen LogP contribution is 2.26. The van der Waals surface area contributed by atoms with Gasteiger partial charge in [0.1, 0.15) is 0 Å². The van der Waals surface area contributed by atoms with E-state index in [0.717, 1.165) is 24.5 Å². The Morgan fingerprint density at radius 1 is 1.38 bits per heavy atom. The standard InChI is InChI=1S/C20H31F3N4O2/c1-4-24-19(25-11-15-6-7-18(29-3)17(28)10-15)27-9-8-16(13-27)12-26(5-2)14-20(21,22)23/h6-7,10,16,28H,4-5,8-9,11-14H2,1-3H3,(H,24,25). The number of aliphatic imine (C=N–C) groups is 1. The van der Waals surface area contributed by atoms with Crippen LogP contribution in [0.5, 0.6) is 11.5 Å². The van der Waals surface area contributed by atoms with Crippen LogP contribution in [0, 0.1) is 5.92 Å². The summed E-state index contributed by atoms with van der Waals surface area (Å²) in [7, 11) is 1.49. The van der Waals surface area contributed by atoms with Crippen molar-refractivity contribution in [3.05, 3.63) is 23.8 Å². The first kappa shape index (κ1) is 23.1. The second kappa shape index (κ2) is 10.6. The van der Waals surface area contributed by atoms with Crippen molar-refractivity contribution in [1.29, 1.82) is 0 Å². The molecule has 1 aliphatic heterocycles. The SMILES string of the molecule is CCNC(=NCc1ccc(OC)c(O)c1)N1CCC(CN(CC)CC(F)(F)F)C1. The van der Waals surface area contributed by atoms with E-state index in [9.17, 15) is 18.3 Å². The third-order valence-electron chi connectivity index (χ3n) is 4.94. The Kier molecular flexibility index (Phi) is 8.43. The quantitative estimate of drug-likeness (QED) is 0.504. The van der Waals surface area contributed by atoms with E-state index in [1.165, 1.54) is 12.0 Å². The van der Waals surface area contributed by atoms with Crippen LogP contribution in [0.3, 0.4) is 0 Å². The second-order valence-corrected chi connectivity index (χ2v) is 7.22. The molecule has 1 unspecified atom stereocenters. The predicted molar refractivity (Wildman–Crippen MR) is 107 cm³/mol. The Morgan fingerprint density at radius 3 is 2.72 bits per heavy atom. The van der Waals surface area contributed by atoms with E-state index in [1.54, 1.807) is 19.1 Å². The molecule has 1 heterocycles. The van der Waals surface area contributed by atoms with Crippen LogP contribution in [0.25, 0.3) is 0 Å². The van der Waals surface area contributed by atoms with Crippen LogP contribution in [0.15, 0.2) is 23.2 Å². The molecule has 0 aliphatic carbocycles. The molecule has 0 spiro atoms. The van der Waals surface area contributed by atoms with Crippen LogP contribution in [-0.2, 0) is 6.54 Å². The molecule has 1 aromatic rings. The third kappa shape index (κ3) is 7.30. The number of phenolic OH excluding ortho intramolecular Hbond substituents is 1. The van der Waals surface area contributed by atoms with E-state index in [1.807, 2.05) is 13.0 Å². The van der Waals surface area contributed by atoms with Gasteiger partial charge in [-0.3, -0.25) is 4.90 Å². The normalized spacial score (nSPS) is 17.8. The van der Waals surface area contributed by atoms with Gasteiger partial charge in [0.05, 0.1) is 20.2 Å². The van der Waals surface area contributed by atoms with E-state index in [2.05, 4.69) is 15.2 Å². The number of aromatic hydroxyl groups is 1. The Hall–Kier alpha value is -2.16. The highest BCUT2D eigenvalue weighted by Gasteiger charge is 2.33. The molecular formula is C20H31F3N4O2. The molecule has 0 saturated carbocycles. The smallest absolute Gasteiger partial charge is 0.401 e. The van der Waals surface area contributed by atoms with E-state index in [-0.39, 0.29) is 11.7 Å². The summed E-state index contributed by atoms with van der Waals surface area (Å²) >= 11 is 0. The van der Waals surface area contributed by atoms with Gasteiger partial charge in [0, 0.05) is 26.2 Å². The summed E-state index contributed by atoms with van der Waals surface area (Å²) in [6.07, 6.45) is -3.34. The zero-order valence-corrected chi connectivity index (χ0v) is 17.3. The number of nitrogens with zero attached hydrogens (tertiary/aromatic N) is 3. The Morgan fingerprint density at radius 2 is 2.14 bits per heavy atom. The molecular weight excluding hydrogens is 385 g/mol. The minimum atomic E-state index is -4.17. The molecule has 0 amide bonds. The number of ether oxygens (including phenoxy) is 1. The Labute approximate surface area is 170 Å². The minimum Gasteiger partial charge on any atom is -0.504 e. The minimum absolute atomic E-state index is 0.0655. The zero-order chi connectivity index (χ0) is 21.4. The topological polar surface area (TPSA) is 60.3 Å². The molecule has 1 saturated heterocycles. The van der Waals surface area contributed by atoms with Crippen LogP contribution in [0.1, 0.15) is 25.8 Å². The number of methoxy groups -OCH3 is 1. The average Bonchev–Trinajstić information content (AvgIpc) is 3.12. The summed E-state index contributed by atoms with van der Waals surface area (Å²) in [6, 6.07) is 5.16. The monoisotopic (exact) mass is 416 g/mol. The molecule has 164 valence electrons. The number of benzene rings is 1. The highest BCUT2D eigenvalue weighted by atomic mass is 19.4. The van der Waals surface area contributed by atoms with Crippen molar-refractivity contribution in [1.82, 2.24) is 15.1 Å². The molecule has 0 aromatic heterocycles. The molecule has 0 radical (unpaired) electrons. The lowest BCUT2D eigenvalue weighted by Crippen LogP contribution is -2.41. The van der Waals surface area contributed by atoms with Crippen molar-refractivity contribution >= 4 is 5.96 Å². The molecule has 29 heavy (non-hydrogen) atoms. The maximum absolute atomic E-state index is 12.7. The van der Waals surface area contributed by atoms with Gasteiger partial charge < -0.3 is 20.1 Å². The molecule has 1 atom stereocenters. The van der Waals surface area contributed by atoms with Gasteiger partial charge in [0.2, 0.25) is 0 Å². The predicted octanol–water partition coefficient (Wildman–Crippen LogP) is 3.07. The molecule has 1 aliphatic rings. The Balaban J connectivity index is 1.98. The highest BCUT2D eigenvalue weighted by molar-refractivity contribution is 5.80. The van der Waals surface area contributed by atoms with E-state index < -0.39 is 12.7 Å². The summed E-state index contributed by atoms with van der Waals surface area (Å²) in [5.74, 6) is 1.39. The average molecular weight is 416 g/mol. The van der Waals surface area contributed by atoms with Crippen molar-refractivity contribution in [3.8, 4) is 11.5 Å². The van der Waals surface area contributed by atoms with Crippen LogP contribution in [0.2, 0.25) is 0 Å². The van der Waals surface area contributed by atoms with Gasteiger partial charge in [-0.25, -0.2) is 4.99 Å². The zero-order valence-electron chi connectivity index (χ0n) is 17.3. The summed E-state index contributed by atoms with van der Waals surface area (Å²) in [4.78, 5) is 8.19. The van der Waals surface area contributed by atoms with Gasteiger partial charge in [0.25, 0.3) is 0 Å². The lowest BCUT2D eigenvalue weighted by Gasteiger charge is -2.26. The summed E-state index contributed by atoms with van der Waals surface area (Å²) in [6.45, 7) is 6.19. The molecule has 0 bridgehead atoms. The summed E-state index contributed by atoms with van der Waals surface area (Å²) in [5, 5.41) is 13.2. The number of guanidine groups is 1. The van der Waals surface area contributed by atoms with Crippen molar-refractivity contribution in [2.75, 3.05) is 46.4 Å². The fraction of sp³-hybridized carbons (Fsp3) is 0.650. The van der Waals surface area contributed by atoms with E-state index in [4.69, 9.17) is 4.74 Å². The maximum Gasteiger partial charge on any atom is 0.401 e. The largest absolute Gasteiger partial charge is 0.504 e. The van der Waals surface area contributed by atoms with Gasteiger partial charge >= 0.3 is 6.18 Å². The van der Waals surface area contributed by atoms with Crippen LogP contribution >= 0.6 is 0 Å². The van der Waals surface area contributed by atoms with Gasteiger partial charge in [-0.05, 0) is 43.5 Å². The van der Waals surface area contributed by atoms with Crippen molar-refractivity contribution in [2.24, 2.45) is 10.9 Å². The van der Waals surface area contributed by atoms with Crippen LogP contribution < -0.4 is 10.1 Å². The van der Waals surface area contributed by atoms with E-state index in [0.29, 0.717) is 38.5 Å². The second-order valence-electron chi connectivity index (χ2n) is 7.22. The first-order valence-electron chi connectivity index (χ1n) is 9.94. The summed E-state index contributed by atoms with van der Waals surface area (Å²) in [5.41, 5.74) is 0.844. The molecule has 6 nitrogen and oxygen atoms in total. The number of phenols is 1. The number of alkyl halides is 3. The van der Waals surface area contributed by atoms with E-state index >= 15 is 0 Å². The van der Waals surface area contributed by atoms with Crippen molar-refractivity contribution < 1.29 is 23.0 Å². The maximum atomic E-state index is 12.7. The van der Waals surface area contributed by atoms with Gasteiger partial charge in [-0.15, -0.1) is 0 Å². The van der Waals surface area contributed by atoms with Crippen LogP contribution in [-0.4, -0.2) is 73.4 Å². The third-order valence-corrected chi connectivity index (χ3v) is 4.94. The molecule has 1 fully saturated rings. The number of halogens is 3. The van der Waals surface area contributed by atoms with Gasteiger partial charge in [0.15, 0.2) is 17.5 Å². The van der Waals surface area contributed by atoms with Crippen molar-refractivity contribution in [3.63, 3.8) is 0 Å². The van der Waals surface area contributed by atoms with Crippen molar-refractivity contribution in [2.45, 2.75) is 33.0 Å². The van der Waals surface area contributed by atoms with Crippen LogP contribution in [0.4, 0.5) is 13.2 Å². The van der Waals surface area contributed by atoms with Gasteiger partial charge in [-0.1, -0.05) is 13.0 Å². The first-order valence-corrected chi connectivity index (χ1v) is 9.94. The number of nitrogens with one attached hydrogen (secondary N) is 1. The summed E-state index contributed by atoms with van der Waals surface area (Å²) < 4.78 is 43.2. The fourth-order valence-electron chi connectivity index (χ4n) is 3.52. The Bertz CT molecular complexity index is 682. The molecule has 1 aromatic carbocycles. The number of likely N-dealkylation sites (tertiary alicyclic amines) is 1. The molecule has 2 N–H and O–H groups in total.